The molecule has 0 aromatic heterocycles. The number of carbonyl (C=O) groups excluding carboxylic acids is 3. The molecule has 132 valence electrons. The summed E-state index contributed by atoms with van der Waals surface area (Å²) >= 11 is 0. The number of hydrogen-bond acceptors (Lipinski definition) is 5. The highest BCUT2D eigenvalue weighted by atomic mass is 16.6. The molecule has 1 heterocycles. The average Bonchev–Trinajstić information content (AvgIpc) is 2.91. The Kier molecular flexibility index (Phi) is 6.37. The smallest absolute Gasteiger partial charge is 0.410 e. The first-order chi connectivity index (χ1) is 10.6. The molecule has 3 N–H and O–H groups in total. The van der Waals surface area contributed by atoms with E-state index in [1.807, 2.05) is 0 Å². The van der Waals surface area contributed by atoms with Gasteiger partial charge in [-0.2, -0.15) is 0 Å². The minimum Gasteiger partial charge on any atom is -0.444 e. The second-order valence-corrected chi connectivity index (χ2v) is 6.67. The van der Waals surface area contributed by atoms with E-state index in [1.54, 1.807) is 20.8 Å². The fourth-order valence-electron chi connectivity index (χ4n) is 2.39. The lowest BCUT2D eigenvalue weighted by molar-refractivity contribution is -0.133. The van der Waals surface area contributed by atoms with Crippen LogP contribution < -0.4 is 10.6 Å². The molecule has 8 nitrogen and oxygen atoms in total. The van der Waals surface area contributed by atoms with Crippen molar-refractivity contribution in [2.24, 2.45) is 0 Å². The fraction of sp³-hybridized carbons (Fsp3) is 0.800. The third-order valence-corrected chi connectivity index (χ3v) is 3.49. The minimum absolute atomic E-state index is 0.423. The van der Waals surface area contributed by atoms with Crippen LogP contribution in [0.15, 0.2) is 0 Å². The Labute approximate surface area is 136 Å². The van der Waals surface area contributed by atoms with Crippen molar-refractivity contribution in [2.45, 2.75) is 64.3 Å². The summed E-state index contributed by atoms with van der Waals surface area (Å²) in [5.74, 6) is -0.960. The maximum atomic E-state index is 12.4. The maximum absolute atomic E-state index is 12.4. The van der Waals surface area contributed by atoms with Gasteiger partial charge in [-0.25, -0.2) is 4.79 Å². The number of likely N-dealkylation sites (N-methyl/N-ethyl adjacent to an activating group) is 1. The molecule has 0 unspecified atom stereocenters. The van der Waals surface area contributed by atoms with Gasteiger partial charge < -0.3 is 20.5 Å². The van der Waals surface area contributed by atoms with Crippen LogP contribution >= 0.6 is 0 Å². The van der Waals surface area contributed by atoms with Crippen LogP contribution in [0.2, 0.25) is 0 Å². The Morgan fingerprint density at radius 2 is 1.91 bits per heavy atom. The van der Waals surface area contributed by atoms with Gasteiger partial charge in [0.1, 0.15) is 17.7 Å². The van der Waals surface area contributed by atoms with Crippen molar-refractivity contribution in [3.63, 3.8) is 0 Å². The zero-order valence-corrected chi connectivity index (χ0v) is 14.4. The number of likely N-dealkylation sites (tertiary alicyclic amines) is 1. The topological polar surface area (TPSA) is 108 Å². The largest absolute Gasteiger partial charge is 0.444 e. The van der Waals surface area contributed by atoms with Gasteiger partial charge in [0.05, 0.1) is 6.10 Å². The van der Waals surface area contributed by atoms with Crippen molar-refractivity contribution in [1.82, 2.24) is 15.5 Å². The number of aliphatic hydroxyl groups excluding tert-OH is 1. The molecule has 0 aromatic rings. The lowest BCUT2D eigenvalue weighted by Crippen LogP contribution is -2.56. The minimum atomic E-state index is -1.06. The molecule has 0 spiro atoms. The van der Waals surface area contributed by atoms with Gasteiger partial charge in [0.25, 0.3) is 0 Å². The molecule has 0 aromatic carbocycles. The normalized spacial score (nSPS) is 20.6. The van der Waals surface area contributed by atoms with E-state index in [1.165, 1.54) is 18.9 Å². The van der Waals surface area contributed by atoms with Crippen molar-refractivity contribution in [3.05, 3.63) is 0 Å². The molecule has 1 aliphatic heterocycles. The standard InChI is InChI=1S/C15H27N3O5/c1-9(19)11(13(21)16-5)17-12(20)10-7-6-8-18(10)14(22)23-15(2,3)4/h9-11,19H,6-8H2,1-5H3,(H,16,21)(H,17,20)/t9-,10+,11+/m1/s1. The van der Waals surface area contributed by atoms with Crippen LogP contribution in [0.3, 0.4) is 0 Å². The zero-order chi connectivity index (χ0) is 17.8. The Morgan fingerprint density at radius 3 is 2.39 bits per heavy atom. The molecule has 1 saturated heterocycles. The summed E-state index contributed by atoms with van der Waals surface area (Å²) in [6, 6.07) is -1.76. The molecule has 3 atom stereocenters. The van der Waals surface area contributed by atoms with Crippen LogP contribution in [0.5, 0.6) is 0 Å². The molecule has 1 fully saturated rings. The zero-order valence-electron chi connectivity index (χ0n) is 14.4. The Bertz CT molecular complexity index is 459. The Balaban J connectivity index is 2.77. The van der Waals surface area contributed by atoms with Crippen molar-refractivity contribution in [3.8, 4) is 0 Å². The molecule has 1 aliphatic rings. The summed E-state index contributed by atoms with van der Waals surface area (Å²) in [6.07, 6.45) is -0.430. The van der Waals surface area contributed by atoms with Crippen LogP contribution in [0.4, 0.5) is 4.79 Å². The van der Waals surface area contributed by atoms with E-state index in [0.717, 1.165) is 0 Å². The van der Waals surface area contributed by atoms with Crippen LogP contribution in [0.1, 0.15) is 40.5 Å². The summed E-state index contributed by atoms with van der Waals surface area (Å²) in [6.45, 7) is 7.11. The van der Waals surface area contributed by atoms with Crippen LogP contribution in [-0.2, 0) is 14.3 Å². The van der Waals surface area contributed by atoms with Gasteiger partial charge in [-0.05, 0) is 40.5 Å². The van der Waals surface area contributed by atoms with Crippen molar-refractivity contribution in [1.29, 1.82) is 0 Å². The van der Waals surface area contributed by atoms with E-state index in [4.69, 9.17) is 4.74 Å². The lowest BCUT2D eigenvalue weighted by Gasteiger charge is -2.29. The van der Waals surface area contributed by atoms with Gasteiger partial charge in [-0.1, -0.05) is 0 Å². The number of ether oxygens (including phenoxy) is 1. The number of nitrogens with one attached hydrogen (secondary N) is 2. The predicted molar refractivity (Wildman–Crippen MR) is 83.6 cm³/mol. The molecular formula is C15H27N3O5. The molecule has 0 bridgehead atoms. The van der Waals surface area contributed by atoms with E-state index >= 15 is 0 Å². The van der Waals surface area contributed by atoms with Crippen LogP contribution in [0, 0.1) is 0 Å². The summed E-state index contributed by atoms with van der Waals surface area (Å²) in [5.41, 5.74) is -0.648. The van der Waals surface area contributed by atoms with E-state index in [-0.39, 0.29) is 0 Å². The Morgan fingerprint density at radius 1 is 1.30 bits per heavy atom. The highest BCUT2D eigenvalue weighted by molar-refractivity contribution is 5.91. The summed E-state index contributed by atoms with van der Waals surface area (Å²) in [4.78, 5) is 37.7. The molecule has 23 heavy (non-hydrogen) atoms. The lowest BCUT2D eigenvalue weighted by atomic mass is 10.1. The monoisotopic (exact) mass is 329 g/mol. The summed E-state index contributed by atoms with van der Waals surface area (Å²) < 4.78 is 5.30. The highest BCUT2D eigenvalue weighted by Crippen LogP contribution is 2.21. The highest BCUT2D eigenvalue weighted by Gasteiger charge is 2.38. The van der Waals surface area contributed by atoms with Crippen LogP contribution in [0.25, 0.3) is 0 Å². The second-order valence-electron chi connectivity index (χ2n) is 6.67. The van der Waals surface area contributed by atoms with Gasteiger partial charge in [0.2, 0.25) is 11.8 Å². The van der Waals surface area contributed by atoms with Gasteiger partial charge >= 0.3 is 6.09 Å². The fourth-order valence-corrected chi connectivity index (χ4v) is 2.39. The van der Waals surface area contributed by atoms with Gasteiger partial charge in [-0.3, -0.25) is 14.5 Å². The second kappa shape index (κ2) is 7.63. The third kappa shape index (κ3) is 5.38. The predicted octanol–water partition coefficient (Wildman–Crippen LogP) is -0.00250. The number of carbonyl (C=O) groups is 3. The summed E-state index contributed by atoms with van der Waals surface area (Å²) in [5, 5.41) is 14.5. The van der Waals surface area contributed by atoms with E-state index in [2.05, 4.69) is 10.6 Å². The first-order valence-corrected chi connectivity index (χ1v) is 7.76. The third-order valence-electron chi connectivity index (χ3n) is 3.49. The van der Waals surface area contributed by atoms with Crippen molar-refractivity contribution >= 4 is 17.9 Å². The van der Waals surface area contributed by atoms with Crippen molar-refractivity contribution in [2.75, 3.05) is 13.6 Å². The first kappa shape index (κ1) is 19.2. The first-order valence-electron chi connectivity index (χ1n) is 7.76. The van der Waals surface area contributed by atoms with Gasteiger partial charge in [0, 0.05) is 13.6 Å². The molecule has 0 aliphatic carbocycles. The molecule has 1 rings (SSSR count). The van der Waals surface area contributed by atoms with E-state index < -0.39 is 41.7 Å². The van der Waals surface area contributed by atoms with Crippen molar-refractivity contribution < 1.29 is 24.2 Å². The molecule has 0 radical (unpaired) electrons. The molecule has 3 amide bonds. The van der Waals surface area contributed by atoms with Gasteiger partial charge in [0.15, 0.2) is 0 Å². The maximum Gasteiger partial charge on any atom is 0.410 e. The number of hydrogen-bond donors (Lipinski definition) is 3. The SMILES string of the molecule is CNC(=O)[C@@H](NC(=O)[C@@H]1CCCN1C(=O)OC(C)(C)C)[C@@H](C)O. The number of amides is 3. The van der Waals surface area contributed by atoms with Gasteiger partial charge in [-0.15, -0.1) is 0 Å². The average molecular weight is 329 g/mol. The molecule has 8 heteroatoms. The summed E-state index contributed by atoms with van der Waals surface area (Å²) in [7, 11) is 1.42. The number of nitrogens with zero attached hydrogens (tertiary/aromatic N) is 1. The number of aliphatic hydroxyl groups is 1. The quantitative estimate of drug-likeness (QED) is 0.673. The Hall–Kier alpha value is -1.83. The number of rotatable bonds is 4. The van der Waals surface area contributed by atoms with Crippen LogP contribution in [-0.4, -0.2) is 65.3 Å². The molecule has 0 saturated carbocycles. The van der Waals surface area contributed by atoms with E-state index in [9.17, 15) is 19.5 Å². The van der Waals surface area contributed by atoms with E-state index in [0.29, 0.717) is 19.4 Å². The molecular weight excluding hydrogens is 302 g/mol.